The molecule has 0 saturated heterocycles. The Morgan fingerprint density at radius 3 is 2.54 bits per heavy atom. The number of rotatable bonds is 8. The van der Waals surface area contributed by atoms with E-state index in [1.165, 1.54) is 17.2 Å². The van der Waals surface area contributed by atoms with Crippen LogP contribution in [0.5, 0.6) is 0 Å². The largest absolute Gasteiger partial charge is 0.384 e. The van der Waals surface area contributed by atoms with Gasteiger partial charge in [-0.05, 0) is 37.2 Å². The van der Waals surface area contributed by atoms with Gasteiger partial charge in [-0.3, -0.25) is 14.7 Å². The normalized spacial score (nSPS) is 12.3. The van der Waals surface area contributed by atoms with Crippen LogP contribution >= 0.6 is 0 Å². The lowest BCUT2D eigenvalue weighted by Crippen LogP contribution is -2.21. The van der Waals surface area contributed by atoms with Gasteiger partial charge in [-0.1, -0.05) is 24.3 Å². The summed E-state index contributed by atoms with van der Waals surface area (Å²) in [5.74, 6) is 0.587. The highest BCUT2D eigenvalue weighted by atomic mass is 16.5. The van der Waals surface area contributed by atoms with Gasteiger partial charge < -0.3 is 9.72 Å². The molecule has 0 bridgehead atoms. The second-order valence-corrected chi connectivity index (χ2v) is 6.90. The zero-order chi connectivity index (χ0) is 19.9. The summed E-state index contributed by atoms with van der Waals surface area (Å²) in [6.07, 6.45) is 4.26. The molecule has 0 radical (unpaired) electrons. The Morgan fingerprint density at radius 1 is 1.14 bits per heavy atom. The molecule has 0 aliphatic heterocycles. The Kier molecular flexibility index (Phi) is 6.68. The van der Waals surface area contributed by atoms with Gasteiger partial charge in [0.15, 0.2) is 0 Å². The van der Waals surface area contributed by atoms with Crippen LogP contribution in [-0.4, -0.2) is 40.6 Å². The zero-order valence-corrected chi connectivity index (χ0v) is 16.6. The Morgan fingerprint density at radius 2 is 1.86 bits per heavy atom. The van der Waals surface area contributed by atoms with Crippen molar-refractivity contribution in [3.63, 3.8) is 0 Å². The van der Waals surface area contributed by atoms with Crippen LogP contribution in [0.1, 0.15) is 29.8 Å². The molecular formula is C22H26N4O2. The molecule has 28 heavy (non-hydrogen) atoms. The molecule has 6 nitrogen and oxygen atoms in total. The first-order chi connectivity index (χ1) is 13.6. The predicted molar refractivity (Wildman–Crippen MR) is 110 cm³/mol. The number of H-pyrrole nitrogens is 1. The number of methoxy groups -OCH3 is 1. The molecule has 0 fully saturated rings. The van der Waals surface area contributed by atoms with Gasteiger partial charge in [-0.25, -0.2) is 4.98 Å². The molecule has 3 rings (SSSR count). The maximum Gasteiger partial charge on any atom is 0.251 e. The number of pyridine rings is 1. The van der Waals surface area contributed by atoms with E-state index < -0.39 is 0 Å². The topological polar surface area (TPSA) is 71.1 Å². The van der Waals surface area contributed by atoms with E-state index in [0.29, 0.717) is 18.9 Å². The fraction of sp³-hybridized carbons (Fsp3) is 0.318. The number of aromatic nitrogens is 3. The van der Waals surface area contributed by atoms with Crippen molar-refractivity contribution in [1.29, 1.82) is 0 Å². The number of nitrogens with one attached hydrogen (secondary N) is 1. The van der Waals surface area contributed by atoms with Crippen LogP contribution in [0, 0.1) is 0 Å². The molecule has 0 saturated carbocycles. The monoisotopic (exact) mass is 378 g/mol. The summed E-state index contributed by atoms with van der Waals surface area (Å²) in [5.41, 5.74) is 3.92. The van der Waals surface area contributed by atoms with E-state index in [1.807, 2.05) is 36.7 Å². The van der Waals surface area contributed by atoms with E-state index in [9.17, 15) is 4.79 Å². The molecule has 1 N–H and O–H groups in total. The Labute approximate surface area is 165 Å². The maximum absolute atomic E-state index is 11.9. The van der Waals surface area contributed by atoms with Crippen LogP contribution < -0.4 is 5.56 Å². The summed E-state index contributed by atoms with van der Waals surface area (Å²) < 4.78 is 5.07. The zero-order valence-electron chi connectivity index (χ0n) is 16.6. The SMILES string of the molecule is COCCc1cc(=O)[nH]c(-c2ccc(CN(C)C(C)c3ccncc3)cc2)n1. The average Bonchev–Trinajstić information content (AvgIpc) is 2.72. The second kappa shape index (κ2) is 9.39. The molecule has 2 heterocycles. The van der Waals surface area contributed by atoms with Crippen LogP contribution in [0.3, 0.4) is 0 Å². The standard InChI is InChI=1S/C22H26N4O2/c1-16(18-8-11-23-12-9-18)26(2)15-17-4-6-19(7-5-17)22-24-20(10-13-28-3)14-21(27)25-22/h4-9,11-12,14,16H,10,13,15H2,1-3H3,(H,24,25,27). The van der Waals surface area contributed by atoms with Crippen LogP contribution in [0.2, 0.25) is 0 Å². The molecule has 1 aromatic carbocycles. The third-order valence-electron chi connectivity index (χ3n) is 4.87. The number of nitrogens with zero attached hydrogens (tertiary/aromatic N) is 3. The lowest BCUT2D eigenvalue weighted by atomic mass is 10.1. The van der Waals surface area contributed by atoms with Crippen molar-refractivity contribution < 1.29 is 4.74 Å². The fourth-order valence-corrected chi connectivity index (χ4v) is 3.07. The average molecular weight is 378 g/mol. The highest BCUT2D eigenvalue weighted by Crippen LogP contribution is 2.21. The van der Waals surface area contributed by atoms with Crippen molar-refractivity contribution in [3.05, 3.63) is 82.0 Å². The quantitative estimate of drug-likeness (QED) is 0.652. The molecule has 146 valence electrons. The molecule has 2 aromatic heterocycles. The third-order valence-corrected chi connectivity index (χ3v) is 4.87. The molecule has 0 amide bonds. The maximum atomic E-state index is 11.9. The smallest absolute Gasteiger partial charge is 0.251 e. The Bertz CT molecular complexity index is 939. The van der Waals surface area contributed by atoms with E-state index in [0.717, 1.165) is 17.8 Å². The van der Waals surface area contributed by atoms with Gasteiger partial charge in [0.25, 0.3) is 5.56 Å². The fourth-order valence-electron chi connectivity index (χ4n) is 3.07. The van der Waals surface area contributed by atoms with Crippen LogP contribution in [-0.2, 0) is 17.7 Å². The molecule has 6 heteroatoms. The summed E-state index contributed by atoms with van der Waals surface area (Å²) in [5, 5.41) is 0. The van der Waals surface area contributed by atoms with Crippen molar-refractivity contribution >= 4 is 0 Å². The van der Waals surface area contributed by atoms with Crippen LogP contribution in [0.4, 0.5) is 0 Å². The molecule has 0 spiro atoms. The minimum Gasteiger partial charge on any atom is -0.384 e. The van der Waals surface area contributed by atoms with Gasteiger partial charge in [-0.2, -0.15) is 0 Å². The lowest BCUT2D eigenvalue weighted by molar-refractivity contribution is 0.201. The van der Waals surface area contributed by atoms with E-state index in [2.05, 4.69) is 46.0 Å². The Hall–Kier alpha value is -2.83. The van der Waals surface area contributed by atoms with Crippen LogP contribution in [0.15, 0.2) is 59.7 Å². The summed E-state index contributed by atoms with van der Waals surface area (Å²) in [4.78, 5) is 25.7. The van der Waals surface area contributed by atoms with Crippen molar-refractivity contribution in [2.24, 2.45) is 0 Å². The van der Waals surface area contributed by atoms with Crippen molar-refractivity contribution in [3.8, 4) is 11.4 Å². The van der Waals surface area contributed by atoms with Crippen molar-refractivity contribution in [2.45, 2.75) is 25.9 Å². The number of benzene rings is 1. The van der Waals surface area contributed by atoms with E-state index >= 15 is 0 Å². The summed E-state index contributed by atoms with van der Waals surface area (Å²) >= 11 is 0. The molecule has 0 aliphatic carbocycles. The van der Waals surface area contributed by atoms with Gasteiger partial charge in [0.1, 0.15) is 5.82 Å². The van der Waals surface area contributed by atoms with Crippen molar-refractivity contribution in [1.82, 2.24) is 19.9 Å². The summed E-state index contributed by atoms with van der Waals surface area (Å²) in [7, 11) is 3.75. The summed E-state index contributed by atoms with van der Waals surface area (Å²) in [6.45, 7) is 3.54. The minimum atomic E-state index is -0.147. The first kappa shape index (κ1) is 19.9. The molecule has 0 aliphatic rings. The molecule has 1 unspecified atom stereocenters. The van der Waals surface area contributed by atoms with Gasteiger partial charge in [0.2, 0.25) is 0 Å². The van der Waals surface area contributed by atoms with Gasteiger partial charge in [0.05, 0.1) is 12.3 Å². The van der Waals surface area contributed by atoms with E-state index in [1.54, 1.807) is 7.11 Å². The number of ether oxygens (including phenoxy) is 1. The van der Waals surface area contributed by atoms with Crippen molar-refractivity contribution in [2.75, 3.05) is 20.8 Å². The second-order valence-electron chi connectivity index (χ2n) is 6.90. The van der Waals surface area contributed by atoms with Gasteiger partial charge in [-0.15, -0.1) is 0 Å². The highest BCUT2D eigenvalue weighted by Gasteiger charge is 2.12. The van der Waals surface area contributed by atoms with E-state index in [4.69, 9.17) is 4.74 Å². The number of hydrogen-bond acceptors (Lipinski definition) is 5. The predicted octanol–water partition coefficient (Wildman–Crippen LogP) is 3.21. The lowest BCUT2D eigenvalue weighted by Gasteiger charge is -2.25. The van der Waals surface area contributed by atoms with Gasteiger partial charge >= 0.3 is 0 Å². The van der Waals surface area contributed by atoms with Crippen LogP contribution in [0.25, 0.3) is 11.4 Å². The number of aromatic amines is 1. The van der Waals surface area contributed by atoms with Gasteiger partial charge in [0, 0.05) is 50.1 Å². The minimum absolute atomic E-state index is 0.147. The highest BCUT2D eigenvalue weighted by molar-refractivity contribution is 5.55. The molecule has 3 aromatic rings. The number of hydrogen-bond donors (Lipinski definition) is 1. The Balaban J connectivity index is 1.71. The molecule has 1 atom stereocenters. The summed E-state index contributed by atoms with van der Waals surface area (Å²) in [6, 6.07) is 14.0. The molecular weight excluding hydrogens is 352 g/mol. The third kappa shape index (κ3) is 5.12. The first-order valence-electron chi connectivity index (χ1n) is 9.35. The van der Waals surface area contributed by atoms with E-state index in [-0.39, 0.29) is 11.6 Å². The first-order valence-corrected chi connectivity index (χ1v) is 9.35.